The number of ether oxygens (including phenoxy) is 1. The zero-order valence-corrected chi connectivity index (χ0v) is 16.1. The fourth-order valence-electron chi connectivity index (χ4n) is 2.33. The molecular formula is C22H18ClN3O3. The third-order valence-corrected chi connectivity index (χ3v) is 4.07. The molecule has 0 bridgehead atoms. The van der Waals surface area contributed by atoms with Crippen LogP contribution in [-0.2, 0) is 16.2 Å². The minimum absolute atomic E-state index is 0.463. The molecule has 0 fully saturated rings. The van der Waals surface area contributed by atoms with Crippen LogP contribution < -0.4 is 15.5 Å². The first-order valence-corrected chi connectivity index (χ1v) is 9.15. The maximum atomic E-state index is 11.8. The molecule has 6 nitrogen and oxygen atoms in total. The molecule has 0 radical (unpaired) electrons. The van der Waals surface area contributed by atoms with Gasteiger partial charge in [0.1, 0.15) is 12.4 Å². The normalized spacial score (nSPS) is 10.5. The summed E-state index contributed by atoms with van der Waals surface area (Å²) in [6.45, 7) is 0.479. The second-order valence-electron chi connectivity index (χ2n) is 6.00. The number of carbonyl (C=O) groups excluding carboxylic acids is 2. The highest BCUT2D eigenvalue weighted by Crippen LogP contribution is 2.14. The van der Waals surface area contributed by atoms with Crippen molar-refractivity contribution in [2.75, 3.05) is 5.32 Å². The topological polar surface area (TPSA) is 79.8 Å². The molecule has 0 aliphatic rings. The van der Waals surface area contributed by atoms with E-state index in [2.05, 4.69) is 15.8 Å². The average molecular weight is 408 g/mol. The average Bonchev–Trinajstić information content (AvgIpc) is 2.75. The lowest BCUT2D eigenvalue weighted by Crippen LogP contribution is -2.32. The zero-order chi connectivity index (χ0) is 20.5. The molecule has 0 saturated carbocycles. The lowest BCUT2D eigenvalue weighted by Gasteiger charge is -2.06. The van der Waals surface area contributed by atoms with Crippen LogP contribution in [0.15, 0.2) is 84.0 Å². The lowest BCUT2D eigenvalue weighted by molar-refractivity contribution is -0.136. The van der Waals surface area contributed by atoms with Gasteiger partial charge in [-0.1, -0.05) is 41.9 Å². The fraction of sp³-hybridized carbons (Fsp3) is 0.0455. The van der Waals surface area contributed by atoms with Crippen molar-refractivity contribution in [3.63, 3.8) is 0 Å². The molecule has 0 aliphatic heterocycles. The van der Waals surface area contributed by atoms with E-state index in [4.69, 9.17) is 16.3 Å². The predicted octanol–water partition coefficient (Wildman–Crippen LogP) is 4.01. The smallest absolute Gasteiger partial charge is 0.329 e. The Morgan fingerprint density at radius 1 is 0.897 bits per heavy atom. The van der Waals surface area contributed by atoms with Crippen LogP contribution in [0.3, 0.4) is 0 Å². The van der Waals surface area contributed by atoms with Crippen molar-refractivity contribution in [2.24, 2.45) is 5.10 Å². The van der Waals surface area contributed by atoms with Gasteiger partial charge in [-0.25, -0.2) is 5.43 Å². The van der Waals surface area contributed by atoms with Gasteiger partial charge >= 0.3 is 11.8 Å². The number of halogens is 1. The highest BCUT2D eigenvalue weighted by Gasteiger charge is 2.12. The first-order chi connectivity index (χ1) is 14.1. The van der Waals surface area contributed by atoms with Crippen LogP contribution in [0.4, 0.5) is 5.69 Å². The summed E-state index contributed by atoms with van der Waals surface area (Å²) >= 11 is 5.77. The van der Waals surface area contributed by atoms with Crippen molar-refractivity contribution in [2.45, 2.75) is 6.61 Å². The van der Waals surface area contributed by atoms with Gasteiger partial charge in [-0.15, -0.1) is 0 Å². The number of anilines is 1. The number of nitrogens with zero attached hydrogens (tertiary/aromatic N) is 1. The van der Waals surface area contributed by atoms with E-state index in [0.717, 1.165) is 16.9 Å². The number of benzene rings is 3. The molecule has 29 heavy (non-hydrogen) atoms. The Hall–Kier alpha value is -3.64. The summed E-state index contributed by atoms with van der Waals surface area (Å²) in [6.07, 6.45) is 1.44. The van der Waals surface area contributed by atoms with E-state index < -0.39 is 11.8 Å². The van der Waals surface area contributed by atoms with Gasteiger partial charge < -0.3 is 10.1 Å². The molecule has 0 aliphatic carbocycles. The van der Waals surface area contributed by atoms with Gasteiger partial charge in [-0.05, 0) is 59.7 Å². The third kappa shape index (κ3) is 6.48. The Morgan fingerprint density at radius 3 is 2.28 bits per heavy atom. The first kappa shape index (κ1) is 20.1. The molecule has 3 rings (SSSR count). The maximum Gasteiger partial charge on any atom is 0.329 e. The Labute approximate surface area is 173 Å². The molecule has 146 valence electrons. The summed E-state index contributed by atoms with van der Waals surface area (Å²) in [4.78, 5) is 23.6. The van der Waals surface area contributed by atoms with Gasteiger partial charge in [0.2, 0.25) is 0 Å². The van der Waals surface area contributed by atoms with Crippen LogP contribution >= 0.6 is 11.6 Å². The monoisotopic (exact) mass is 407 g/mol. The number of nitrogens with one attached hydrogen (secondary N) is 2. The minimum Gasteiger partial charge on any atom is -0.489 e. The number of carbonyl (C=O) groups is 2. The van der Waals surface area contributed by atoms with Gasteiger partial charge in [0, 0.05) is 10.7 Å². The van der Waals surface area contributed by atoms with Gasteiger partial charge in [0.05, 0.1) is 6.21 Å². The first-order valence-electron chi connectivity index (χ1n) is 8.77. The standard InChI is InChI=1S/C22H18ClN3O3/c23-18-8-10-19(11-9-18)25-21(27)22(28)26-24-14-16-6-12-20(13-7-16)29-15-17-4-2-1-3-5-17/h1-14H,15H2,(H,25,27)(H,26,28)/b24-14+. The number of hydrazone groups is 1. The molecule has 0 aromatic heterocycles. The van der Waals surface area contributed by atoms with Gasteiger partial charge in [0.15, 0.2) is 0 Å². The van der Waals surface area contributed by atoms with Crippen molar-refractivity contribution in [1.82, 2.24) is 5.43 Å². The summed E-state index contributed by atoms with van der Waals surface area (Å²) < 4.78 is 5.71. The molecule has 0 saturated heterocycles. The van der Waals surface area contributed by atoms with Crippen molar-refractivity contribution in [3.8, 4) is 5.75 Å². The van der Waals surface area contributed by atoms with Gasteiger partial charge in [-0.2, -0.15) is 5.10 Å². The van der Waals surface area contributed by atoms with Crippen LogP contribution in [0.2, 0.25) is 5.02 Å². The molecule has 0 heterocycles. The number of rotatable bonds is 6. The number of hydrogen-bond donors (Lipinski definition) is 2. The number of hydrogen-bond acceptors (Lipinski definition) is 4. The van der Waals surface area contributed by atoms with Crippen molar-refractivity contribution >= 4 is 35.3 Å². The second-order valence-corrected chi connectivity index (χ2v) is 6.44. The minimum atomic E-state index is -0.876. The largest absolute Gasteiger partial charge is 0.489 e. The molecule has 0 unspecified atom stereocenters. The summed E-state index contributed by atoms with van der Waals surface area (Å²) in [5.74, 6) is -0.981. The molecule has 2 N–H and O–H groups in total. The molecule has 2 amide bonds. The van der Waals surface area contributed by atoms with Crippen molar-refractivity contribution < 1.29 is 14.3 Å². The summed E-state index contributed by atoms with van der Waals surface area (Å²) in [5.41, 5.74) is 4.47. The van der Waals surface area contributed by atoms with Crippen molar-refractivity contribution in [3.05, 3.63) is 95.0 Å². The van der Waals surface area contributed by atoms with E-state index >= 15 is 0 Å². The second kappa shape index (κ2) is 10.1. The van der Waals surface area contributed by atoms with E-state index in [1.165, 1.54) is 6.21 Å². The van der Waals surface area contributed by atoms with E-state index in [1.54, 1.807) is 48.5 Å². The van der Waals surface area contributed by atoms with Crippen LogP contribution in [-0.4, -0.2) is 18.0 Å². The Morgan fingerprint density at radius 2 is 1.59 bits per heavy atom. The van der Waals surface area contributed by atoms with Crippen molar-refractivity contribution in [1.29, 1.82) is 0 Å². The molecule has 0 spiro atoms. The van der Waals surface area contributed by atoms with E-state index in [-0.39, 0.29) is 0 Å². The Kier molecular flexibility index (Phi) is 6.97. The van der Waals surface area contributed by atoms with Gasteiger partial charge in [-0.3, -0.25) is 9.59 Å². The molecule has 7 heteroatoms. The molecular weight excluding hydrogens is 390 g/mol. The van der Waals surface area contributed by atoms with Crippen LogP contribution in [0.1, 0.15) is 11.1 Å². The third-order valence-electron chi connectivity index (χ3n) is 3.82. The summed E-state index contributed by atoms with van der Waals surface area (Å²) in [5, 5.41) is 6.78. The van der Waals surface area contributed by atoms with E-state index in [1.807, 2.05) is 30.3 Å². The summed E-state index contributed by atoms with van der Waals surface area (Å²) in [6, 6.07) is 23.5. The zero-order valence-electron chi connectivity index (χ0n) is 15.3. The SMILES string of the molecule is O=C(N/N=C/c1ccc(OCc2ccccc2)cc1)C(=O)Nc1ccc(Cl)cc1. The number of amides is 2. The summed E-state index contributed by atoms with van der Waals surface area (Å²) in [7, 11) is 0. The molecule has 3 aromatic rings. The highest BCUT2D eigenvalue weighted by molar-refractivity contribution is 6.39. The molecule has 3 aromatic carbocycles. The van der Waals surface area contributed by atoms with Crippen LogP contribution in [0.25, 0.3) is 0 Å². The van der Waals surface area contributed by atoms with E-state index in [0.29, 0.717) is 17.3 Å². The maximum absolute atomic E-state index is 11.8. The Bertz CT molecular complexity index is 988. The fourth-order valence-corrected chi connectivity index (χ4v) is 2.45. The van der Waals surface area contributed by atoms with E-state index in [9.17, 15) is 9.59 Å². The van der Waals surface area contributed by atoms with Crippen LogP contribution in [0.5, 0.6) is 5.75 Å². The Balaban J connectivity index is 1.46. The lowest BCUT2D eigenvalue weighted by atomic mass is 10.2. The molecule has 0 atom stereocenters. The predicted molar refractivity (Wildman–Crippen MR) is 113 cm³/mol. The van der Waals surface area contributed by atoms with Crippen LogP contribution in [0, 0.1) is 0 Å². The quantitative estimate of drug-likeness (QED) is 0.368. The van der Waals surface area contributed by atoms with Gasteiger partial charge in [0.25, 0.3) is 0 Å². The highest BCUT2D eigenvalue weighted by atomic mass is 35.5.